The van der Waals surface area contributed by atoms with Crippen LogP contribution in [0.15, 0.2) is 66.9 Å². The fourth-order valence-corrected chi connectivity index (χ4v) is 5.06. The topological polar surface area (TPSA) is 71.5 Å². The Labute approximate surface area is 218 Å². The van der Waals surface area contributed by atoms with Crippen molar-refractivity contribution in [2.24, 2.45) is 5.92 Å². The van der Waals surface area contributed by atoms with Gasteiger partial charge in [-0.15, -0.1) is 0 Å². The van der Waals surface area contributed by atoms with E-state index in [2.05, 4.69) is 10.3 Å². The van der Waals surface area contributed by atoms with Gasteiger partial charge in [0.2, 0.25) is 5.91 Å². The van der Waals surface area contributed by atoms with E-state index in [1.807, 2.05) is 48.5 Å². The minimum absolute atomic E-state index is 0.0168. The summed E-state index contributed by atoms with van der Waals surface area (Å²) < 4.78 is 43.4. The zero-order chi connectivity index (χ0) is 26.9. The normalized spacial score (nSPS) is 19.6. The summed E-state index contributed by atoms with van der Waals surface area (Å²) in [6.07, 6.45) is -1.22. The lowest BCUT2D eigenvalue weighted by molar-refractivity contribution is -0.141. The van der Waals surface area contributed by atoms with E-state index in [4.69, 9.17) is 4.74 Å². The summed E-state index contributed by atoms with van der Waals surface area (Å²) in [7, 11) is 1.63. The van der Waals surface area contributed by atoms with Crippen LogP contribution in [0.4, 0.5) is 18.9 Å². The molecule has 198 valence electrons. The van der Waals surface area contributed by atoms with Crippen molar-refractivity contribution in [3.05, 3.63) is 89.2 Å². The molecule has 2 aromatic carbocycles. The lowest BCUT2D eigenvalue weighted by atomic mass is 9.89. The number of ether oxygens (including phenoxy) is 1. The molecule has 1 aliphatic carbocycles. The summed E-state index contributed by atoms with van der Waals surface area (Å²) in [5.41, 5.74) is 2.17. The molecule has 2 aliphatic rings. The highest BCUT2D eigenvalue weighted by molar-refractivity contribution is 5.95. The fourth-order valence-electron chi connectivity index (χ4n) is 5.06. The van der Waals surface area contributed by atoms with Gasteiger partial charge < -0.3 is 15.0 Å². The molecule has 1 saturated carbocycles. The van der Waals surface area contributed by atoms with E-state index in [1.54, 1.807) is 12.0 Å². The van der Waals surface area contributed by atoms with E-state index in [0.717, 1.165) is 54.1 Å². The summed E-state index contributed by atoms with van der Waals surface area (Å²) >= 11 is 0. The van der Waals surface area contributed by atoms with Crippen molar-refractivity contribution in [3.63, 3.8) is 0 Å². The minimum Gasteiger partial charge on any atom is -0.497 e. The van der Waals surface area contributed by atoms with Crippen LogP contribution in [0.25, 0.3) is 0 Å². The van der Waals surface area contributed by atoms with Crippen LogP contribution < -0.4 is 10.1 Å². The number of aromatic nitrogens is 1. The molecule has 1 aromatic heterocycles. The SMILES string of the molecule is COc1ccc(C2CC2C(=O)Nc2ccc(C3CCN(C(=O)c4ccc(C(F)(F)F)nc4)CC3)cc2)cc1. The Balaban J connectivity index is 1.11. The quantitative estimate of drug-likeness (QED) is 0.439. The zero-order valence-electron chi connectivity index (χ0n) is 20.9. The van der Waals surface area contributed by atoms with Gasteiger partial charge in [-0.25, -0.2) is 0 Å². The maximum atomic E-state index is 12.7. The molecule has 2 unspecified atom stereocenters. The number of carbonyl (C=O) groups excluding carboxylic acids is 2. The van der Waals surface area contributed by atoms with Crippen molar-refractivity contribution in [2.75, 3.05) is 25.5 Å². The Morgan fingerprint density at radius 3 is 2.18 bits per heavy atom. The first-order chi connectivity index (χ1) is 18.2. The van der Waals surface area contributed by atoms with Crippen molar-refractivity contribution in [2.45, 2.75) is 37.3 Å². The lowest BCUT2D eigenvalue weighted by Gasteiger charge is -2.32. The molecule has 1 N–H and O–H groups in total. The fraction of sp³-hybridized carbons (Fsp3) is 0.345. The number of nitrogens with zero attached hydrogens (tertiary/aromatic N) is 2. The highest BCUT2D eigenvalue weighted by Crippen LogP contribution is 2.48. The average Bonchev–Trinajstić information content (AvgIpc) is 3.74. The van der Waals surface area contributed by atoms with Crippen LogP contribution in [0, 0.1) is 5.92 Å². The molecule has 3 aromatic rings. The molecule has 0 radical (unpaired) electrons. The molecule has 38 heavy (non-hydrogen) atoms. The molecule has 1 aliphatic heterocycles. The minimum atomic E-state index is -4.53. The summed E-state index contributed by atoms with van der Waals surface area (Å²) in [6.45, 7) is 1.02. The Morgan fingerprint density at radius 2 is 1.61 bits per heavy atom. The second-order valence-corrected chi connectivity index (χ2v) is 9.83. The standard InChI is InChI=1S/C29H28F3N3O3/c1-38-23-9-4-20(5-10-23)24-16-25(24)27(36)34-22-7-2-18(3-8-22)19-12-14-35(15-13-19)28(37)21-6-11-26(33-17-21)29(30,31)32/h2-11,17,19,24-25H,12-16H2,1H3,(H,34,36). The molecule has 6 nitrogen and oxygen atoms in total. The number of pyridine rings is 1. The van der Waals surface area contributed by atoms with Gasteiger partial charge >= 0.3 is 6.18 Å². The number of nitrogens with one attached hydrogen (secondary N) is 1. The van der Waals surface area contributed by atoms with E-state index in [-0.39, 0.29) is 35.1 Å². The Morgan fingerprint density at radius 1 is 0.947 bits per heavy atom. The first kappa shape index (κ1) is 25.8. The molecular formula is C29H28F3N3O3. The zero-order valence-corrected chi connectivity index (χ0v) is 20.9. The number of rotatable bonds is 6. The van der Waals surface area contributed by atoms with Crippen molar-refractivity contribution < 1.29 is 27.5 Å². The number of hydrogen-bond donors (Lipinski definition) is 1. The molecule has 0 spiro atoms. The number of carbonyl (C=O) groups is 2. The summed E-state index contributed by atoms with van der Waals surface area (Å²) in [5.74, 6) is 0.955. The van der Waals surface area contributed by atoms with Crippen LogP contribution in [-0.2, 0) is 11.0 Å². The predicted molar refractivity (Wildman–Crippen MR) is 136 cm³/mol. The highest BCUT2D eigenvalue weighted by atomic mass is 19.4. The first-order valence-electron chi connectivity index (χ1n) is 12.6. The molecule has 2 amide bonds. The number of halogens is 3. The largest absolute Gasteiger partial charge is 0.497 e. The van der Waals surface area contributed by atoms with Gasteiger partial charge in [-0.2, -0.15) is 13.2 Å². The molecule has 2 heterocycles. The van der Waals surface area contributed by atoms with Gasteiger partial charge in [0.05, 0.1) is 12.7 Å². The average molecular weight is 524 g/mol. The van der Waals surface area contributed by atoms with Gasteiger partial charge in [-0.05, 0) is 78.6 Å². The third-order valence-electron chi connectivity index (χ3n) is 7.40. The number of anilines is 1. The first-order valence-corrected chi connectivity index (χ1v) is 12.6. The Kier molecular flexibility index (Phi) is 7.10. The van der Waals surface area contributed by atoms with E-state index < -0.39 is 11.9 Å². The second-order valence-electron chi connectivity index (χ2n) is 9.83. The predicted octanol–water partition coefficient (Wildman–Crippen LogP) is 5.87. The van der Waals surface area contributed by atoms with Gasteiger partial charge in [0.25, 0.3) is 5.91 Å². The van der Waals surface area contributed by atoms with E-state index in [9.17, 15) is 22.8 Å². The molecule has 5 rings (SSSR count). The highest BCUT2D eigenvalue weighted by Gasteiger charge is 2.44. The number of likely N-dealkylation sites (tertiary alicyclic amines) is 1. The Hall–Kier alpha value is -3.88. The van der Waals surface area contributed by atoms with Crippen LogP contribution in [0.2, 0.25) is 0 Å². The summed E-state index contributed by atoms with van der Waals surface area (Å²) in [5, 5.41) is 3.02. The molecule has 2 atom stereocenters. The van der Waals surface area contributed by atoms with Crippen LogP contribution >= 0.6 is 0 Å². The van der Waals surface area contributed by atoms with Crippen LogP contribution in [-0.4, -0.2) is 41.9 Å². The number of piperidine rings is 1. The summed E-state index contributed by atoms with van der Waals surface area (Å²) in [6, 6.07) is 17.7. The lowest BCUT2D eigenvalue weighted by Crippen LogP contribution is -2.38. The van der Waals surface area contributed by atoms with Gasteiger partial charge in [0, 0.05) is 30.9 Å². The van der Waals surface area contributed by atoms with Gasteiger partial charge in [-0.3, -0.25) is 14.6 Å². The molecule has 2 fully saturated rings. The molecule has 1 saturated heterocycles. The number of hydrogen-bond acceptors (Lipinski definition) is 4. The van der Waals surface area contributed by atoms with Gasteiger partial charge in [-0.1, -0.05) is 24.3 Å². The second kappa shape index (κ2) is 10.5. The van der Waals surface area contributed by atoms with E-state index in [0.29, 0.717) is 13.1 Å². The van der Waals surface area contributed by atoms with Gasteiger partial charge in [0.1, 0.15) is 11.4 Å². The molecule has 0 bridgehead atoms. The van der Waals surface area contributed by atoms with E-state index in [1.165, 1.54) is 6.07 Å². The third kappa shape index (κ3) is 5.66. The maximum Gasteiger partial charge on any atom is 0.433 e. The molecule has 9 heteroatoms. The van der Waals surface area contributed by atoms with Crippen molar-refractivity contribution in [1.29, 1.82) is 0 Å². The van der Waals surface area contributed by atoms with E-state index >= 15 is 0 Å². The Bertz CT molecular complexity index is 1280. The van der Waals surface area contributed by atoms with Crippen molar-refractivity contribution >= 4 is 17.5 Å². The van der Waals surface area contributed by atoms with Crippen LogP contribution in [0.3, 0.4) is 0 Å². The third-order valence-corrected chi connectivity index (χ3v) is 7.40. The monoisotopic (exact) mass is 523 g/mol. The van der Waals surface area contributed by atoms with Crippen LogP contribution in [0.5, 0.6) is 5.75 Å². The molecular weight excluding hydrogens is 495 g/mol. The van der Waals surface area contributed by atoms with Crippen molar-refractivity contribution in [1.82, 2.24) is 9.88 Å². The maximum absolute atomic E-state index is 12.7. The number of alkyl halides is 3. The van der Waals surface area contributed by atoms with Gasteiger partial charge in [0.15, 0.2) is 0 Å². The summed E-state index contributed by atoms with van der Waals surface area (Å²) in [4.78, 5) is 30.5. The van der Waals surface area contributed by atoms with Crippen LogP contribution in [0.1, 0.15) is 58.3 Å². The van der Waals surface area contributed by atoms with Crippen molar-refractivity contribution in [3.8, 4) is 5.75 Å². The number of methoxy groups -OCH3 is 1. The number of amides is 2. The number of benzene rings is 2. The smallest absolute Gasteiger partial charge is 0.433 e.